The summed E-state index contributed by atoms with van der Waals surface area (Å²) >= 11 is 0. The minimum atomic E-state index is -2.75. The van der Waals surface area contributed by atoms with Gasteiger partial charge in [0.1, 0.15) is 22.9 Å². The molecule has 7 nitrogen and oxygen atoms in total. The molecule has 0 bridgehead atoms. The van der Waals surface area contributed by atoms with Gasteiger partial charge in [-0.15, -0.1) is 0 Å². The summed E-state index contributed by atoms with van der Waals surface area (Å²) in [5.41, 5.74) is 4.71. The first kappa shape index (κ1) is 27.3. The minimum Gasteiger partial charge on any atom is -0.455 e. The molecule has 0 fully saturated rings. The number of aryl methyl sites for hydroxylation is 3. The Balaban J connectivity index is 1.70. The van der Waals surface area contributed by atoms with Crippen LogP contribution in [0.3, 0.4) is 0 Å². The molecule has 0 unspecified atom stereocenters. The van der Waals surface area contributed by atoms with Gasteiger partial charge in [0.05, 0.1) is 5.39 Å². The van der Waals surface area contributed by atoms with Crippen LogP contribution in [0.4, 0.5) is 8.78 Å². The van der Waals surface area contributed by atoms with Crippen molar-refractivity contribution in [2.24, 2.45) is 7.05 Å². The number of furan rings is 1. The quantitative estimate of drug-likeness (QED) is 0.232. The van der Waals surface area contributed by atoms with Crippen LogP contribution in [-0.2, 0) is 24.4 Å². The van der Waals surface area contributed by atoms with Crippen LogP contribution in [0.1, 0.15) is 16.7 Å². The molecular formula is C30H26F2N2O5S. The molecule has 0 saturated carbocycles. The zero-order valence-electron chi connectivity index (χ0n) is 22.0. The Kier molecular flexibility index (Phi) is 7.55. The third-order valence-corrected chi connectivity index (χ3v) is 6.94. The first-order valence-electron chi connectivity index (χ1n) is 12.4. The van der Waals surface area contributed by atoms with E-state index in [1.54, 1.807) is 37.5 Å². The lowest BCUT2D eigenvalue weighted by Gasteiger charge is -2.15. The largest absolute Gasteiger partial charge is 0.455 e. The maximum Gasteiger partial charge on any atom is 0.261 e. The molecule has 0 spiro atoms. The number of rotatable bonds is 8. The van der Waals surface area contributed by atoms with E-state index in [0.29, 0.717) is 34.3 Å². The molecular weight excluding hydrogens is 538 g/mol. The minimum absolute atomic E-state index is 0.172. The van der Waals surface area contributed by atoms with Crippen LogP contribution >= 0.6 is 0 Å². The lowest BCUT2D eigenvalue weighted by molar-refractivity contribution is 0.439. The lowest BCUT2D eigenvalue weighted by Crippen LogP contribution is -2.16. The van der Waals surface area contributed by atoms with Crippen molar-refractivity contribution in [1.82, 2.24) is 9.29 Å². The summed E-state index contributed by atoms with van der Waals surface area (Å²) in [6, 6.07) is 15.8. The zero-order valence-corrected chi connectivity index (χ0v) is 22.9. The summed E-state index contributed by atoms with van der Waals surface area (Å²) in [4.78, 5) is 13.1. The van der Waals surface area contributed by atoms with E-state index in [1.165, 1.54) is 10.6 Å². The number of thiol groups is 1. The first-order chi connectivity index (χ1) is 19.1. The number of nitrogens with one attached hydrogen (secondary N) is 1. The number of hydrogen-bond acceptors (Lipinski definition) is 5. The highest BCUT2D eigenvalue weighted by atomic mass is 32.2. The molecule has 0 saturated heterocycles. The second-order valence-corrected chi connectivity index (χ2v) is 10.4. The van der Waals surface area contributed by atoms with E-state index in [0.717, 1.165) is 34.4 Å². The van der Waals surface area contributed by atoms with Gasteiger partial charge in [0, 0.05) is 42.5 Å². The molecule has 0 atom stereocenters. The van der Waals surface area contributed by atoms with Crippen molar-refractivity contribution in [3.63, 3.8) is 0 Å². The van der Waals surface area contributed by atoms with Crippen molar-refractivity contribution >= 4 is 21.9 Å². The lowest BCUT2D eigenvalue weighted by atomic mass is 10.0. The summed E-state index contributed by atoms with van der Waals surface area (Å²) in [5.74, 6) is -1.05. The van der Waals surface area contributed by atoms with E-state index in [2.05, 4.69) is 4.72 Å². The summed E-state index contributed by atoms with van der Waals surface area (Å²) in [5, 5.41) is 0.350. The molecule has 2 aromatic heterocycles. The summed E-state index contributed by atoms with van der Waals surface area (Å²) in [6.07, 6.45) is 1.97. The standard InChI is InChI=1S/C30H26F2N2O5S/c1-17-10-18(2)12-20(11-17)28-15-23-29(39-28)24(16-34(3)30(23)35)22-13-19(8-9-33-40(36)37)4-6-26(22)38-27-7-5-21(31)14-25(27)32/h4-7,10-16,40H,8-9H2,1-3H3,(H,33,36,37). The first-order valence-corrected chi connectivity index (χ1v) is 13.6. The maximum absolute atomic E-state index is 14.5. The number of aromatic nitrogens is 1. The second kappa shape index (κ2) is 11.1. The molecule has 2 heterocycles. The number of hydrogen-bond donors (Lipinski definition) is 2. The number of fused-ring (bicyclic) bond motifs is 1. The van der Waals surface area contributed by atoms with Gasteiger partial charge in [0.25, 0.3) is 5.56 Å². The fraction of sp³-hybridized carbons (Fsp3) is 0.167. The van der Waals surface area contributed by atoms with Gasteiger partial charge in [0.15, 0.2) is 11.6 Å². The molecule has 5 aromatic rings. The fourth-order valence-electron chi connectivity index (χ4n) is 4.70. The molecule has 0 aliphatic rings. The number of ether oxygens (including phenoxy) is 1. The Labute approximate surface area is 230 Å². The van der Waals surface area contributed by atoms with Gasteiger partial charge >= 0.3 is 0 Å². The van der Waals surface area contributed by atoms with Crippen molar-refractivity contribution in [1.29, 1.82) is 0 Å². The molecule has 10 heteroatoms. The number of pyridine rings is 1. The van der Waals surface area contributed by atoms with Crippen LogP contribution in [0, 0.1) is 25.5 Å². The highest BCUT2D eigenvalue weighted by Gasteiger charge is 2.20. The maximum atomic E-state index is 14.5. The average molecular weight is 565 g/mol. The van der Waals surface area contributed by atoms with Crippen LogP contribution in [0.5, 0.6) is 11.5 Å². The SMILES string of the molecule is Cc1cc(C)cc(-c2cc3c(=O)n(C)cc(-c4cc(CCN[SH](=O)=O)ccc4Oc4ccc(F)cc4F)c3o2)c1. The van der Waals surface area contributed by atoms with E-state index < -0.39 is 22.5 Å². The smallest absolute Gasteiger partial charge is 0.261 e. The zero-order chi connectivity index (χ0) is 28.6. The number of halogens is 2. The van der Waals surface area contributed by atoms with Crippen LogP contribution < -0.4 is 15.0 Å². The molecule has 0 aliphatic carbocycles. The highest BCUT2D eigenvalue weighted by molar-refractivity contribution is 7.70. The Morgan fingerprint density at radius 2 is 1.65 bits per heavy atom. The summed E-state index contributed by atoms with van der Waals surface area (Å²) in [7, 11) is -1.13. The molecule has 1 N–H and O–H groups in total. The van der Waals surface area contributed by atoms with Crippen LogP contribution in [-0.4, -0.2) is 19.5 Å². The van der Waals surface area contributed by atoms with Crippen LogP contribution in [0.15, 0.2) is 76.1 Å². The van der Waals surface area contributed by atoms with E-state index >= 15 is 0 Å². The monoisotopic (exact) mass is 564 g/mol. The van der Waals surface area contributed by atoms with Gasteiger partial charge in [-0.3, -0.25) is 4.79 Å². The van der Waals surface area contributed by atoms with E-state index in [-0.39, 0.29) is 23.6 Å². The van der Waals surface area contributed by atoms with E-state index in [1.807, 2.05) is 32.0 Å². The second-order valence-electron chi connectivity index (χ2n) is 9.61. The average Bonchev–Trinajstić information content (AvgIpc) is 3.34. The molecule has 5 rings (SSSR count). The van der Waals surface area contributed by atoms with Crippen molar-refractivity contribution in [2.45, 2.75) is 20.3 Å². The van der Waals surface area contributed by atoms with E-state index in [9.17, 15) is 22.0 Å². The normalized spacial score (nSPS) is 11.4. The van der Waals surface area contributed by atoms with Gasteiger partial charge in [0.2, 0.25) is 10.9 Å². The van der Waals surface area contributed by atoms with Gasteiger partial charge in [-0.2, -0.15) is 0 Å². The van der Waals surface area contributed by atoms with Gasteiger partial charge in [-0.1, -0.05) is 23.3 Å². The van der Waals surface area contributed by atoms with Gasteiger partial charge in [-0.25, -0.2) is 21.9 Å². The summed E-state index contributed by atoms with van der Waals surface area (Å²) in [6.45, 7) is 4.13. The molecule has 3 aromatic carbocycles. The molecule has 0 amide bonds. The van der Waals surface area contributed by atoms with E-state index in [4.69, 9.17) is 9.15 Å². The molecule has 40 heavy (non-hydrogen) atoms. The van der Waals surface area contributed by atoms with Crippen molar-refractivity contribution in [3.8, 4) is 33.9 Å². The van der Waals surface area contributed by atoms with Crippen molar-refractivity contribution in [2.75, 3.05) is 6.54 Å². The van der Waals surface area contributed by atoms with Crippen molar-refractivity contribution in [3.05, 3.63) is 106 Å². The summed E-state index contributed by atoms with van der Waals surface area (Å²) < 4.78 is 66.0. The molecule has 0 radical (unpaired) electrons. The Hall–Kier alpha value is -4.28. The Morgan fingerprint density at radius 1 is 0.925 bits per heavy atom. The molecule has 206 valence electrons. The number of benzene rings is 3. The van der Waals surface area contributed by atoms with Crippen LogP contribution in [0.25, 0.3) is 33.4 Å². The van der Waals surface area contributed by atoms with Crippen LogP contribution in [0.2, 0.25) is 0 Å². The van der Waals surface area contributed by atoms with Gasteiger partial charge in [-0.05, 0) is 68.3 Å². The predicted molar refractivity (Wildman–Crippen MR) is 150 cm³/mol. The molecule has 0 aliphatic heterocycles. The topological polar surface area (TPSA) is 90.5 Å². The Morgan fingerprint density at radius 3 is 2.35 bits per heavy atom. The van der Waals surface area contributed by atoms with Crippen molar-refractivity contribution < 1.29 is 26.4 Å². The Bertz CT molecular complexity index is 1860. The van der Waals surface area contributed by atoms with Gasteiger partial charge < -0.3 is 13.7 Å². The predicted octanol–water partition coefficient (Wildman–Crippen LogP) is 5.81. The third-order valence-electron chi connectivity index (χ3n) is 6.46. The number of nitrogens with zero attached hydrogens (tertiary/aromatic N) is 1. The fourth-order valence-corrected chi connectivity index (χ4v) is 5.00. The third kappa shape index (κ3) is 5.68. The highest BCUT2D eigenvalue weighted by Crippen LogP contribution is 2.40.